The molecule has 0 saturated heterocycles. The van der Waals surface area contributed by atoms with Crippen molar-refractivity contribution < 1.29 is 4.79 Å². The summed E-state index contributed by atoms with van der Waals surface area (Å²) in [6, 6.07) is 1.91. The third-order valence-corrected chi connectivity index (χ3v) is 2.92. The predicted molar refractivity (Wildman–Crippen MR) is 58.3 cm³/mol. The summed E-state index contributed by atoms with van der Waals surface area (Å²) in [5, 5.41) is 2.95. The molecule has 0 aliphatic heterocycles. The van der Waals surface area contributed by atoms with Gasteiger partial charge in [0.15, 0.2) is 0 Å². The Bertz CT molecular complexity index is 401. The first kappa shape index (κ1) is 9.96. The SMILES string of the molecule is CC1(C)CC1NC(=O)c1ccncc1N. The van der Waals surface area contributed by atoms with Gasteiger partial charge in [-0.05, 0) is 17.9 Å². The summed E-state index contributed by atoms with van der Waals surface area (Å²) in [6.07, 6.45) is 4.10. The molecule has 2 rings (SSSR count). The molecule has 0 aromatic carbocycles. The lowest BCUT2D eigenvalue weighted by Gasteiger charge is -2.08. The van der Waals surface area contributed by atoms with Gasteiger partial charge in [-0.2, -0.15) is 0 Å². The highest BCUT2D eigenvalue weighted by atomic mass is 16.1. The van der Waals surface area contributed by atoms with Gasteiger partial charge in [-0.15, -0.1) is 0 Å². The molecular formula is C11H15N3O. The number of nitrogens with two attached hydrogens (primary N) is 1. The van der Waals surface area contributed by atoms with E-state index in [1.165, 1.54) is 6.20 Å². The van der Waals surface area contributed by atoms with Crippen LogP contribution in [0.5, 0.6) is 0 Å². The lowest BCUT2D eigenvalue weighted by atomic mass is 10.1. The van der Waals surface area contributed by atoms with Gasteiger partial charge in [0.05, 0.1) is 17.4 Å². The number of pyridine rings is 1. The van der Waals surface area contributed by atoms with Crippen molar-refractivity contribution in [2.75, 3.05) is 5.73 Å². The number of carbonyl (C=O) groups excluding carboxylic acids is 1. The molecule has 3 N–H and O–H groups in total. The number of hydrogen-bond acceptors (Lipinski definition) is 3. The molecule has 1 aromatic rings. The standard InChI is InChI=1S/C11H15N3O/c1-11(2)5-9(11)14-10(15)7-3-4-13-6-8(7)12/h3-4,6,9H,5,12H2,1-2H3,(H,14,15). The van der Waals surface area contributed by atoms with E-state index < -0.39 is 0 Å². The van der Waals surface area contributed by atoms with E-state index >= 15 is 0 Å². The van der Waals surface area contributed by atoms with Gasteiger partial charge in [-0.25, -0.2) is 0 Å². The van der Waals surface area contributed by atoms with Crippen molar-refractivity contribution in [3.8, 4) is 0 Å². The lowest BCUT2D eigenvalue weighted by molar-refractivity contribution is 0.0947. The first-order valence-electron chi connectivity index (χ1n) is 5.01. The van der Waals surface area contributed by atoms with Crippen molar-refractivity contribution in [3.05, 3.63) is 24.0 Å². The van der Waals surface area contributed by atoms with Gasteiger partial charge in [0, 0.05) is 12.2 Å². The lowest BCUT2D eigenvalue weighted by Crippen LogP contribution is -2.29. The molecule has 4 nitrogen and oxygen atoms in total. The van der Waals surface area contributed by atoms with Crippen molar-refractivity contribution >= 4 is 11.6 Å². The summed E-state index contributed by atoms with van der Waals surface area (Å²) >= 11 is 0. The first-order valence-corrected chi connectivity index (χ1v) is 5.01. The molecule has 1 unspecified atom stereocenters. The zero-order valence-corrected chi connectivity index (χ0v) is 8.95. The van der Waals surface area contributed by atoms with E-state index in [9.17, 15) is 4.79 Å². The Kier molecular flexibility index (Phi) is 2.14. The van der Waals surface area contributed by atoms with Crippen LogP contribution in [0.1, 0.15) is 30.6 Å². The first-order chi connectivity index (χ1) is 7.00. The molecule has 1 aromatic heterocycles. The van der Waals surface area contributed by atoms with Crippen molar-refractivity contribution in [1.29, 1.82) is 0 Å². The molecule has 1 fully saturated rings. The molecule has 0 radical (unpaired) electrons. The van der Waals surface area contributed by atoms with Gasteiger partial charge in [0.25, 0.3) is 5.91 Å². The topological polar surface area (TPSA) is 68.0 Å². The molecule has 80 valence electrons. The summed E-state index contributed by atoms with van der Waals surface area (Å²) < 4.78 is 0. The van der Waals surface area contributed by atoms with Crippen LogP contribution >= 0.6 is 0 Å². The molecule has 1 aliphatic carbocycles. The second-order valence-electron chi connectivity index (χ2n) is 4.68. The van der Waals surface area contributed by atoms with Gasteiger partial charge in [0.1, 0.15) is 0 Å². The van der Waals surface area contributed by atoms with E-state index in [0.29, 0.717) is 11.3 Å². The highest BCUT2D eigenvalue weighted by molar-refractivity contribution is 5.99. The maximum Gasteiger partial charge on any atom is 0.253 e. The number of hydrogen-bond donors (Lipinski definition) is 2. The van der Waals surface area contributed by atoms with Gasteiger partial charge in [0.2, 0.25) is 0 Å². The Morgan fingerprint density at radius 2 is 2.33 bits per heavy atom. The minimum Gasteiger partial charge on any atom is -0.397 e. The summed E-state index contributed by atoms with van der Waals surface area (Å²) in [7, 11) is 0. The fourth-order valence-electron chi connectivity index (χ4n) is 1.56. The fraction of sp³-hybridized carbons (Fsp3) is 0.455. The van der Waals surface area contributed by atoms with E-state index in [1.807, 2.05) is 0 Å². The Hall–Kier alpha value is -1.58. The minimum atomic E-state index is -0.106. The molecule has 1 amide bonds. The van der Waals surface area contributed by atoms with Crippen molar-refractivity contribution in [2.24, 2.45) is 5.41 Å². The Balaban J connectivity index is 2.06. The summed E-state index contributed by atoms with van der Waals surface area (Å²) in [5.41, 5.74) is 6.83. The minimum absolute atomic E-state index is 0.106. The number of amides is 1. The van der Waals surface area contributed by atoms with E-state index in [4.69, 9.17) is 5.73 Å². The molecule has 1 atom stereocenters. The highest BCUT2D eigenvalue weighted by Crippen LogP contribution is 2.44. The molecule has 1 aliphatic rings. The van der Waals surface area contributed by atoms with E-state index in [0.717, 1.165) is 6.42 Å². The van der Waals surface area contributed by atoms with Crippen LogP contribution in [0.25, 0.3) is 0 Å². The Morgan fingerprint density at radius 1 is 1.67 bits per heavy atom. The van der Waals surface area contributed by atoms with Crippen LogP contribution in [0.3, 0.4) is 0 Å². The van der Waals surface area contributed by atoms with Crippen molar-refractivity contribution in [3.63, 3.8) is 0 Å². The van der Waals surface area contributed by atoms with Crippen molar-refractivity contribution in [2.45, 2.75) is 26.3 Å². The number of nitrogens with one attached hydrogen (secondary N) is 1. The molecule has 0 bridgehead atoms. The van der Waals surface area contributed by atoms with E-state index in [2.05, 4.69) is 24.1 Å². The predicted octanol–water partition coefficient (Wildman–Crippen LogP) is 1.19. The van der Waals surface area contributed by atoms with Crippen LogP contribution in [0.2, 0.25) is 0 Å². The van der Waals surface area contributed by atoms with Crippen LogP contribution in [-0.2, 0) is 0 Å². The number of anilines is 1. The van der Waals surface area contributed by atoms with Gasteiger partial charge in [-0.3, -0.25) is 9.78 Å². The Morgan fingerprint density at radius 3 is 2.87 bits per heavy atom. The average molecular weight is 205 g/mol. The second kappa shape index (κ2) is 3.22. The molecule has 4 heteroatoms. The maximum atomic E-state index is 11.8. The van der Waals surface area contributed by atoms with Crippen LogP contribution in [0.4, 0.5) is 5.69 Å². The largest absolute Gasteiger partial charge is 0.397 e. The highest BCUT2D eigenvalue weighted by Gasteiger charge is 2.46. The van der Waals surface area contributed by atoms with E-state index in [1.54, 1.807) is 12.3 Å². The molecular weight excluding hydrogens is 190 g/mol. The van der Waals surface area contributed by atoms with Crippen LogP contribution < -0.4 is 11.1 Å². The Labute approximate surface area is 88.9 Å². The summed E-state index contributed by atoms with van der Waals surface area (Å²) in [4.78, 5) is 15.6. The van der Waals surface area contributed by atoms with Gasteiger partial charge >= 0.3 is 0 Å². The van der Waals surface area contributed by atoms with Crippen LogP contribution in [-0.4, -0.2) is 16.9 Å². The number of carbonyl (C=O) groups is 1. The average Bonchev–Trinajstić information content (AvgIpc) is 2.74. The van der Waals surface area contributed by atoms with E-state index in [-0.39, 0.29) is 17.4 Å². The van der Waals surface area contributed by atoms with Crippen LogP contribution in [0.15, 0.2) is 18.5 Å². The van der Waals surface area contributed by atoms with Gasteiger partial charge < -0.3 is 11.1 Å². The normalized spacial score (nSPS) is 22.1. The summed E-state index contributed by atoms with van der Waals surface area (Å²) in [6.45, 7) is 4.27. The van der Waals surface area contributed by atoms with Gasteiger partial charge in [-0.1, -0.05) is 13.8 Å². The molecule has 15 heavy (non-hydrogen) atoms. The third kappa shape index (κ3) is 1.93. The zero-order valence-electron chi connectivity index (χ0n) is 8.95. The van der Waals surface area contributed by atoms with Crippen molar-refractivity contribution in [1.82, 2.24) is 10.3 Å². The van der Waals surface area contributed by atoms with Crippen LogP contribution in [0, 0.1) is 5.41 Å². The number of rotatable bonds is 2. The molecule has 1 heterocycles. The quantitative estimate of drug-likeness (QED) is 0.762. The number of aromatic nitrogens is 1. The smallest absolute Gasteiger partial charge is 0.253 e. The molecule has 1 saturated carbocycles. The summed E-state index contributed by atoms with van der Waals surface area (Å²) in [5.74, 6) is -0.106. The fourth-order valence-corrected chi connectivity index (χ4v) is 1.56. The number of nitrogens with zero attached hydrogens (tertiary/aromatic N) is 1. The zero-order chi connectivity index (χ0) is 11.1. The maximum absolute atomic E-state index is 11.8. The second-order valence-corrected chi connectivity index (χ2v) is 4.68. The number of nitrogen functional groups attached to an aromatic ring is 1. The molecule has 0 spiro atoms. The third-order valence-electron chi connectivity index (χ3n) is 2.92. The monoisotopic (exact) mass is 205 g/mol.